The maximum atomic E-state index is 12.6. The zero-order valence-corrected chi connectivity index (χ0v) is 14.3. The summed E-state index contributed by atoms with van der Waals surface area (Å²) in [5.74, 6) is -0.142. The third kappa shape index (κ3) is 5.75. The number of hydrogen-bond donors (Lipinski definition) is 2. The summed E-state index contributed by atoms with van der Waals surface area (Å²) in [4.78, 5) is 14.2. The molecule has 7 heteroatoms. The molecular formula is C17H26N4O3. The standard InChI is InChI=1S/C14H18N4O2.C3H8O/c1-15-18(16-2)13-8-4-3-7-12(13)14(20)17-9-5-6-11(19)10-17;1-3(2)4/h3-4,7-8,11,19H,1-2,5-6,9-10H2;3-4H,1-2H3. The maximum absolute atomic E-state index is 12.6. The first-order valence-corrected chi connectivity index (χ1v) is 7.88. The second-order valence-electron chi connectivity index (χ2n) is 5.73. The Morgan fingerprint density at radius 3 is 2.46 bits per heavy atom. The molecule has 132 valence electrons. The number of likely N-dealkylation sites (tertiary alicyclic amines) is 1. The van der Waals surface area contributed by atoms with E-state index in [1.165, 1.54) is 5.12 Å². The molecular weight excluding hydrogens is 308 g/mol. The number of anilines is 1. The van der Waals surface area contributed by atoms with Gasteiger partial charge in [-0.1, -0.05) is 12.1 Å². The van der Waals surface area contributed by atoms with Crippen LogP contribution in [0.15, 0.2) is 34.5 Å². The van der Waals surface area contributed by atoms with Gasteiger partial charge in [0.05, 0.1) is 17.4 Å². The molecule has 2 rings (SSSR count). The van der Waals surface area contributed by atoms with Gasteiger partial charge in [-0.15, -0.1) is 0 Å². The number of carbonyl (C=O) groups excluding carboxylic acids is 1. The zero-order chi connectivity index (χ0) is 18.1. The Morgan fingerprint density at radius 1 is 1.33 bits per heavy atom. The van der Waals surface area contributed by atoms with E-state index in [4.69, 9.17) is 5.11 Å². The third-order valence-corrected chi connectivity index (χ3v) is 3.30. The maximum Gasteiger partial charge on any atom is 0.256 e. The van der Waals surface area contributed by atoms with E-state index in [2.05, 4.69) is 23.6 Å². The minimum absolute atomic E-state index is 0.142. The highest BCUT2D eigenvalue weighted by atomic mass is 16.3. The molecule has 0 radical (unpaired) electrons. The lowest BCUT2D eigenvalue weighted by atomic mass is 10.1. The van der Waals surface area contributed by atoms with E-state index < -0.39 is 6.10 Å². The average molecular weight is 334 g/mol. The first-order valence-electron chi connectivity index (χ1n) is 7.88. The summed E-state index contributed by atoms with van der Waals surface area (Å²) in [6.07, 6.45) is 0.920. The third-order valence-electron chi connectivity index (χ3n) is 3.30. The van der Waals surface area contributed by atoms with Crippen molar-refractivity contribution in [3.8, 4) is 0 Å². The second kappa shape index (κ2) is 9.79. The van der Waals surface area contributed by atoms with Gasteiger partial charge < -0.3 is 15.1 Å². The Labute approximate surface area is 142 Å². The number of piperidine rings is 1. The van der Waals surface area contributed by atoms with E-state index in [1.54, 1.807) is 43.0 Å². The number of hydrazone groups is 2. The summed E-state index contributed by atoms with van der Waals surface area (Å²) in [6, 6.07) is 7.01. The number of aliphatic hydroxyl groups excluding tert-OH is 2. The lowest BCUT2D eigenvalue weighted by Crippen LogP contribution is -2.42. The number of carbonyl (C=O) groups is 1. The SMILES string of the molecule is C=NN(N=C)c1ccccc1C(=O)N1CCCC(O)C1.CC(C)O. The highest BCUT2D eigenvalue weighted by Crippen LogP contribution is 2.24. The first kappa shape index (κ1) is 19.8. The predicted octanol–water partition coefficient (Wildman–Crippen LogP) is 1.71. The molecule has 1 aliphatic heterocycles. The van der Waals surface area contributed by atoms with Gasteiger partial charge in [0.25, 0.3) is 5.91 Å². The number of rotatable bonds is 4. The van der Waals surface area contributed by atoms with Crippen LogP contribution in [0.1, 0.15) is 37.0 Å². The van der Waals surface area contributed by atoms with Gasteiger partial charge in [0.15, 0.2) is 0 Å². The van der Waals surface area contributed by atoms with Crippen molar-refractivity contribution in [3.63, 3.8) is 0 Å². The molecule has 1 aromatic rings. The normalized spacial score (nSPS) is 16.9. The Balaban J connectivity index is 0.000000648. The molecule has 2 N–H and O–H groups in total. The van der Waals surface area contributed by atoms with Crippen LogP contribution in [0.4, 0.5) is 5.69 Å². The van der Waals surface area contributed by atoms with Crippen LogP contribution >= 0.6 is 0 Å². The van der Waals surface area contributed by atoms with Crippen LogP contribution in [0.2, 0.25) is 0 Å². The summed E-state index contributed by atoms with van der Waals surface area (Å²) in [5, 5.41) is 26.4. The molecule has 24 heavy (non-hydrogen) atoms. The van der Waals surface area contributed by atoms with Gasteiger partial charge in [-0.25, -0.2) is 0 Å². The Hall–Kier alpha value is -2.25. The highest BCUT2D eigenvalue weighted by molar-refractivity contribution is 5.99. The molecule has 0 bridgehead atoms. The number of benzene rings is 1. The van der Waals surface area contributed by atoms with Gasteiger partial charge in [0, 0.05) is 32.6 Å². The Bertz CT molecular complexity index is 552. The summed E-state index contributed by atoms with van der Waals surface area (Å²) in [6.45, 7) is 11.3. The summed E-state index contributed by atoms with van der Waals surface area (Å²) >= 11 is 0. The molecule has 0 spiro atoms. The smallest absolute Gasteiger partial charge is 0.256 e. The quantitative estimate of drug-likeness (QED) is 0.648. The van der Waals surface area contributed by atoms with Gasteiger partial charge >= 0.3 is 0 Å². The summed E-state index contributed by atoms with van der Waals surface area (Å²) in [7, 11) is 0. The van der Waals surface area contributed by atoms with E-state index in [0.29, 0.717) is 24.3 Å². The Morgan fingerprint density at radius 2 is 1.92 bits per heavy atom. The van der Waals surface area contributed by atoms with Crippen LogP contribution in [0.25, 0.3) is 0 Å². The number of aliphatic hydroxyl groups is 2. The van der Waals surface area contributed by atoms with Crippen LogP contribution in [0.3, 0.4) is 0 Å². The molecule has 1 unspecified atom stereocenters. The van der Waals surface area contributed by atoms with Crippen LogP contribution in [-0.4, -0.2) is 59.8 Å². The monoisotopic (exact) mass is 334 g/mol. The van der Waals surface area contributed by atoms with Crippen molar-refractivity contribution in [2.45, 2.75) is 38.9 Å². The van der Waals surface area contributed by atoms with Crippen LogP contribution in [0.5, 0.6) is 0 Å². The molecule has 1 saturated heterocycles. The number of nitrogens with zero attached hydrogens (tertiary/aromatic N) is 4. The van der Waals surface area contributed by atoms with Gasteiger partial charge in [-0.2, -0.15) is 15.3 Å². The van der Waals surface area contributed by atoms with Crippen molar-refractivity contribution in [2.24, 2.45) is 10.2 Å². The van der Waals surface area contributed by atoms with E-state index in [9.17, 15) is 9.90 Å². The summed E-state index contributed by atoms with van der Waals surface area (Å²) < 4.78 is 0. The lowest BCUT2D eigenvalue weighted by Gasteiger charge is -2.31. The van der Waals surface area contributed by atoms with Crippen molar-refractivity contribution >= 4 is 25.0 Å². The van der Waals surface area contributed by atoms with Crippen LogP contribution < -0.4 is 5.12 Å². The van der Waals surface area contributed by atoms with Gasteiger partial charge in [0.2, 0.25) is 0 Å². The molecule has 1 aromatic carbocycles. The number of hydrogen-bond acceptors (Lipinski definition) is 6. The predicted molar refractivity (Wildman–Crippen MR) is 96.5 cm³/mol. The molecule has 7 nitrogen and oxygen atoms in total. The van der Waals surface area contributed by atoms with E-state index in [1.807, 2.05) is 0 Å². The van der Waals surface area contributed by atoms with Crippen molar-refractivity contribution in [1.82, 2.24) is 4.90 Å². The highest BCUT2D eigenvalue weighted by Gasteiger charge is 2.25. The number of amides is 1. The van der Waals surface area contributed by atoms with Crippen molar-refractivity contribution < 1.29 is 15.0 Å². The fourth-order valence-electron chi connectivity index (χ4n) is 2.34. The Kier molecular flexibility index (Phi) is 8.08. The van der Waals surface area contributed by atoms with Crippen molar-refractivity contribution in [2.75, 3.05) is 18.2 Å². The lowest BCUT2D eigenvalue weighted by molar-refractivity contribution is 0.0474. The largest absolute Gasteiger partial charge is 0.394 e. The molecule has 1 fully saturated rings. The minimum Gasteiger partial charge on any atom is -0.394 e. The second-order valence-corrected chi connectivity index (χ2v) is 5.73. The topological polar surface area (TPSA) is 88.7 Å². The molecule has 1 atom stereocenters. The first-order chi connectivity index (χ1) is 11.4. The van der Waals surface area contributed by atoms with Crippen LogP contribution in [-0.2, 0) is 0 Å². The van der Waals surface area contributed by atoms with Gasteiger partial charge in [-0.05, 0) is 38.8 Å². The molecule has 0 aromatic heterocycles. The number of β-amino-alcohol motifs (C(OH)–C–C–N with tert-alkyl or cyclic N) is 1. The zero-order valence-electron chi connectivity index (χ0n) is 14.3. The molecule has 1 aliphatic rings. The molecule has 0 aliphatic carbocycles. The number of para-hydroxylation sites is 1. The van der Waals surface area contributed by atoms with Crippen molar-refractivity contribution in [3.05, 3.63) is 29.8 Å². The summed E-state index contributed by atoms with van der Waals surface area (Å²) in [5.41, 5.74) is 1.00. The van der Waals surface area contributed by atoms with Crippen LogP contribution in [0, 0.1) is 0 Å². The molecule has 1 amide bonds. The fourth-order valence-corrected chi connectivity index (χ4v) is 2.34. The van der Waals surface area contributed by atoms with Gasteiger partial charge in [0.1, 0.15) is 0 Å². The van der Waals surface area contributed by atoms with Crippen molar-refractivity contribution in [1.29, 1.82) is 0 Å². The van der Waals surface area contributed by atoms with Gasteiger partial charge in [-0.3, -0.25) is 4.79 Å². The van der Waals surface area contributed by atoms with E-state index in [0.717, 1.165) is 12.8 Å². The minimum atomic E-state index is -0.453. The molecule has 1 heterocycles. The molecule has 0 saturated carbocycles. The van der Waals surface area contributed by atoms with E-state index >= 15 is 0 Å². The van der Waals surface area contributed by atoms with E-state index in [-0.39, 0.29) is 12.0 Å². The average Bonchev–Trinajstić information content (AvgIpc) is 2.55. The fraction of sp³-hybridized carbons (Fsp3) is 0.471.